The fraction of sp³-hybridized carbons (Fsp3) is 0.323. The van der Waals surface area contributed by atoms with Crippen LogP contribution in [0.15, 0.2) is 89.5 Å². The summed E-state index contributed by atoms with van der Waals surface area (Å²) in [6.07, 6.45) is 1.93. The number of piperidine rings is 3. The lowest BCUT2D eigenvalue weighted by molar-refractivity contribution is -0.958. The molecule has 0 radical (unpaired) electrons. The Hall–Kier alpha value is -3.97. The first-order valence-electron chi connectivity index (χ1n) is 13.4. The van der Waals surface area contributed by atoms with E-state index in [-0.39, 0.29) is 12.1 Å². The number of esters is 1. The number of fused-ring (bicyclic) bond motifs is 3. The Bertz CT molecular complexity index is 1360. The van der Waals surface area contributed by atoms with Crippen LogP contribution in [-0.2, 0) is 16.1 Å². The van der Waals surface area contributed by atoms with Crippen molar-refractivity contribution in [2.45, 2.75) is 38.5 Å². The molecule has 1 aromatic heterocycles. The summed E-state index contributed by atoms with van der Waals surface area (Å²) < 4.78 is 12.7. The quantitative estimate of drug-likeness (QED) is 0.248. The number of anilines is 1. The summed E-state index contributed by atoms with van der Waals surface area (Å²) >= 11 is 0. The number of aromatic nitrogens is 2. The third-order valence-corrected chi connectivity index (χ3v) is 8.01. The second-order valence-corrected chi connectivity index (χ2v) is 10.7. The Balaban J connectivity index is 1.17. The largest absolute Gasteiger partial charge is 0.454 e. The summed E-state index contributed by atoms with van der Waals surface area (Å²) in [7, 11) is 0. The molecule has 3 fully saturated rings. The molecule has 3 aliphatic rings. The number of nitrogens with zero attached hydrogens (tertiary/aromatic N) is 3. The number of hydrogen-bond acceptors (Lipinski definition) is 6. The maximum Gasteiger partial charge on any atom is 0.333 e. The number of nitrogens with one attached hydrogen (secondary N) is 1. The third kappa shape index (κ3) is 5.20. The number of hydrogen-bond donors (Lipinski definition) is 1. The van der Waals surface area contributed by atoms with Gasteiger partial charge < -0.3 is 19.1 Å². The van der Waals surface area contributed by atoms with Gasteiger partial charge >= 0.3 is 5.97 Å². The molecule has 3 aliphatic heterocycles. The lowest BCUT2D eigenvalue weighted by Gasteiger charge is -2.51. The number of ether oxygens (including phenoxy) is 1. The van der Waals surface area contributed by atoms with Gasteiger partial charge in [-0.3, -0.25) is 0 Å². The summed E-state index contributed by atoms with van der Waals surface area (Å²) in [6, 6.07) is 27.1. The molecule has 4 aromatic rings. The van der Waals surface area contributed by atoms with E-state index < -0.39 is 6.04 Å². The molecule has 3 saturated heterocycles. The molecule has 7 nitrogen and oxygen atoms in total. The van der Waals surface area contributed by atoms with E-state index >= 15 is 0 Å². The van der Waals surface area contributed by atoms with Gasteiger partial charge in [0.2, 0.25) is 5.82 Å². The standard InChI is InChI=1S/C31H33N4O3/c1-22-12-14-25(15-13-22)30-33-28(34-38-30)21-35-18-16-23(17-19-35)27(20-35)37-31(36)29(24-8-4-2-5-9-24)32-26-10-6-3-7-11-26/h2-15,23,27,29,32H,16-21H2,1H3/q+1/t23?,27-,29+,35?/m0/s1. The number of aryl methyl sites for hydroxylation is 1. The molecule has 194 valence electrons. The van der Waals surface area contributed by atoms with Gasteiger partial charge in [-0.05, 0) is 36.8 Å². The van der Waals surface area contributed by atoms with Crippen LogP contribution in [0.5, 0.6) is 0 Å². The first-order valence-corrected chi connectivity index (χ1v) is 13.4. The van der Waals surface area contributed by atoms with Crippen molar-refractivity contribution in [3.05, 3.63) is 102 Å². The number of benzene rings is 3. The molecule has 3 aromatic carbocycles. The fourth-order valence-electron chi connectivity index (χ4n) is 5.85. The highest BCUT2D eigenvalue weighted by Crippen LogP contribution is 2.38. The topological polar surface area (TPSA) is 77.2 Å². The molecule has 1 N–H and O–H groups in total. The lowest BCUT2D eigenvalue weighted by atomic mass is 9.83. The highest BCUT2D eigenvalue weighted by molar-refractivity contribution is 5.81. The zero-order valence-electron chi connectivity index (χ0n) is 21.6. The average Bonchev–Trinajstić information content (AvgIpc) is 3.41. The van der Waals surface area contributed by atoms with Gasteiger partial charge in [0.15, 0.2) is 12.1 Å². The van der Waals surface area contributed by atoms with Crippen LogP contribution in [0.3, 0.4) is 0 Å². The van der Waals surface area contributed by atoms with Crippen molar-refractivity contribution in [1.29, 1.82) is 0 Å². The molecule has 7 rings (SSSR count). The van der Waals surface area contributed by atoms with Gasteiger partial charge in [-0.25, -0.2) is 4.79 Å². The predicted molar refractivity (Wildman–Crippen MR) is 145 cm³/mol. The summed E-state index contributed by atoms with van der Waals surface area (Å²) in [6.45, 7) is 5.59. The molecule has 2 atom stereocenters. The molecule has 2 bridgehead atoms. The van der Waals surface area contributed by atoms with Crippen molar-refractivity contribution < 1.29 is 18.5 Å². The van der Waals surface area contributed by atoms with Crippen LogP contribution < -0.4 is 5.32 Å². The zero-order valence-corrected chi connectivity index (χ0v) is 21.6. The van der Waals surface area contributed by atoms with Crippen molar-refractivity contribution in [3.8, 4) is 11.5 Å². The SMILES string of the molecule is Cc1ccc(-c2nc(C[N+]34CCC(CC3)[C@@H](OC(=O)[C@H](Nc3ccccc3)c3ccccc3)C4)no2)cc1. The van der Waals surface area contributed by atoms with Gasteiger partial charge in [0.05, 0.1) is 13.1 Å². The van der Waals surface area contributed by atoms with Crippen LogP contribution in [0.4, 0.5) is 5.69 Å². The second kappa shape index (κ2) is 10.4. The maximum atomic E-state index is 13.6. The smallest absolute Gasteiger partial charge is 0.333 e. The molecule has 0 aliphatic carbocycles. The van der Waals surface area contributed by atoms with Crippen molar-refractivity contribution >= 4 is 11.7 Å². The normalized spacial score (nSPS) is 23.1. The molecule has 0 unspecified atom stereocenters. The molecular weight excluding hydrogens is 476 g/mol. The lowest BCUT2D eigenvalue weighted by Crippen LogP contribution is -2.64. The molecule has 0 spiro atoms. The van der Waals surface area contributed by atoms with Gasteiger partial charge in [-0.2, -0.15) is 4.98 Å². The first-order chi connectivity index (χ1) is 18.6. The van der Waals surface area contributed by atoms with E-state index in [1.54, 1.807) is 0 Å². The molecule has 7 heteroatoms. The number of quaternary nitrogens is 1. The van der Waals surface area contributed by atoms with E-state index in [4.69, 9.17) is 14.2 Å². The number of rotatable bonds is 8. The van der Waals surface area contributed by atoms with Gasteiger partial charge in [-0.1, -0.05) is 71.4 Å². The summed E-state index contributed by atoms with van der Waals surface area (Å²) in [5.41, 5.74) is 3.90. The molecule has 0 amide bonds. The monoisotopic (exact) mass is 509 g/mol. The van der Waals surface area contributed by atoms with Crippen molar-refractivity contribution in [2.24, 2.45) is 5.92 Å². The number of para-hydroxylation sites is 1. The number of carbonyl (C=O) groups excluding carboxylic acids is 1. The zero-order chi connectivity index (χ0) is 26.0. The highest BCUT2D eigenvalue weighted by Gasteiger charge is 2.48. The van der Waals surface area contributed by atoms with E-state index in [1.807, 2.05) is 84.9 Å². The van der Waals surface area contributed by atoms with Gasteiger partial charge in [0, 0.05) is 30.0 Å². The van der Waals surface area contributed by atoms with Gasteiger partial charge in [0.25, 0.3) is 5.89 Å². The average molecular weight is 510 g/mol. The minimum Gasteiger partial charge on any atom is -0.454 e. The fourth-order valence-corrected chi connectivity index (χ4v) is 5.85. The van der Waals surface area contributed by atoms with E-state index in [0.717, 1.165) is 53.8 Å². The van der Waals surface area contributed by atoms with Crippen LogP contribution in [0.25, 0.3) is 11.5 Å². The minimum absolute atomic E-state index is 0.128. The van der Waals surface area contributed by atoms with Crippen LogP contribution in [0.2, 0.25) is 0 Å². The second-order valence-electron chi connectivity index (χ2n) is 10.7. The molecule has 0 saturated carbocycles. The number of carbonyl (C=O) groups is 1. The maximum absolute atomic E-state index is 13.6. The predicted octanol–water partition coefficient (Wildman–Crippen LogP) is 5.55. The first kappa shape index (κ1) is 24.4. The van der Waals surface area contributed by atoms with Crippen LogP contribution >= 0.6 is 0 Å². The molecule has 4 heterocycles. The van der Waals surface area contributed by atoms with Crippen molar-refractivity contribution in [2.75, 3.05) is 25.0 Å². The van der Waals surface area contributed by atoms with E-state index in [1.165, 1.54) is 5.56 Å². The van der Waals surface area contributed by atoms with Crippen LogP contribution in [0.1, 0.15) is 35.8 Å². The third-order valence-electron chi connectivity index (χ3n) is 8.01. The molecular formula is C31H33N4O3+. The minimum atomic E-state index is -0.572. The van der Waals surface area contributed by atoms with Gasteiger partial charge in [0.1, 0.15) is 13.1 Å². The Kier molecular flexibility index (Phi) is 6.68. The Morgan fingerprint density at radius 3 is 2.39 bits per heavy atom. The Labute approximate surface area is 223 Å². The summed E-state index contributed by atoms with van der Waals surface area (Å²) in [5.74, 6) is 1.41. The van der Waals surface area contributed by atoms with E-state index in [2.05, 4.69) is 17.4 Å². The van der Waals surface area contributed by atoms with Gasteiger partial charge in [-0.15, -0.1) is 0 Å². The van der Waals surface area contributed by atoms with E-state index in [0.29, 0.717) is 24.2 Å². The van der Waals surface area contributed by atoms with Crippen LogP contribution in [0, 0.1) is 12.8 Å². The molecule has 38 heavy (non-hydrogen) atoms. The van der Waals surface area contributed by atoms with Crippen molar-refractivity contribution in [3.63, 3.8) is 0 Å². The van der Waals surface area contributed by atoms with Crippen LogP contribution in [-0.4, -0.2) is 46.3 Å². The van der Waals surface area contributed by atoms with E-state index in [9.17, 15) is 4.79 Å². The summed E-state index contributed by atoms with van der Waals surface area (Å²) in [4.78, 5) is 18.3. The Morgan fingerprint density at radius 1 is 1.00 bits per heavy atom. The highest BCUT2D eigenvalue weighted by atomic mass is 16.5. The van der Waals surface area contributed by atoms with Crippen molar-refractivity contribution in [1.82, 2.24) is 10.1 Å². The Morgan fingerprint density at radius 2 is 1.68 bits per heavy atom. The summed E-state index contributed by atoms with van der Waals surface area (Å²) in [5, 5.41) is 7.69.